The maximum absolute atomic E-state index is 10.7. The second kappa shape index (κ2) is 5.18. The molecule has 0 radical (unpaired) electrons. The lowest BCUT2D eigenvalue weighted by Gasteiger charge is -2.07. The summed E-state index contributed by atoms with van der Waals surface area (Å²) in [5.74, 6) is 0. The summed E-state index contributed by atoms with van der Waals surface area (Å²) in [4.78, 5) is 14.2. The monoisotopic (exact) mass is 274 g/mol. The number of nitrogens with zero attached hydrogens (tertiary/aromatic N) is 2. The minimum absolute atomic E-state index is 0.0584. The summed E-state index contributed by atoms with van der Waals surface area (Å²) < 4.78 is 0.559. The Morgan fingerprint density at radius 3 is 2.93 bits per heavy atom. The van der Waals surface area contributed by atoms with Gasteiger partial charge in [0.15, 0.2) is 0 Å². The van der Waals surface area contributed by atoms with Crippen molar-refractivity contribution in [1.82, 2.24) is 4.98 Å². The van der Waals surface area contributed by atoms with E-state index < -0.39 is 11.0 Å². The quantitative estimate of drug-likeness (QED) is 0.674. The molecule has 0 aromatic carbocycles. The van der Waals surface area contributed by atoms with Crippen molar-refractivity contribution >= 4 is 21.6 Å². The molecule has 0 amide bonds. The molecule has 0 aliphatic carbocycles. The van der Waals surface area contributed by atoms with Crippen LogP contribution >= 0.6 is 15.9 Å². The van der Waals surface area contributed by atoms with Crippen LogP contribution in [0, 0.1) is 10.1 Å². The van der Waals surface area contributed by atoms with E-state index in [4.69, 9.17) is 0 Å². The van der Waals surface area contributed by atoms with Gasteiger partial charge in [-0.25, -0.2) is 0 Å². The van der Waals surface area contributed by atoms with Gasteiger partial charge in [0.1, 0.15) is 5.69 Å². The van der Waals surface area contributed by atoms with Gasteiger partial charge < -0.3 is 5.11 Å². The number of hydrogen-bond acceptors (Lipinski definition) is 4. The molecule has 0 spiro atoms. The minimum Gasteiger partial charge on any atom is -0.393 e. The molecule has 0 saturated heterocycles. The van der Waals surface area contributed by atoms with Crippen molar-refractivity contribution in [3.63, 3.8) is 0 Å². The van der Waals surface area contributed by atoms with E-state index >= 15 is 0 Å². The summed E-state index contributed by atoms with van der Waals surface area (Å²) in [5.41, 5.74) is 0.259. The minimum atomic E-state index is -0.586. The van der Waals surface area contributed by atoms with E-state index in [1.54, 1.807) is 0 Å². The van der Waals surface area contributed by atoms with Crippen LogP contribution in [0.2, 0.25) is 0 Å². The fraction of sp³-hybridized carbons (Fsp3) is 0.444. The van der Waals surface area contributed by atoms with Crippen LogP contribution in [0.5, 0.6) is 0 Å². The lowest BCUT2D eigenvalue weighted by Crippen LogP contribution is -2.11. The molecule has 1 atom stereocenters. The van der Waals surface area contributed by atoms with Gasteiger partial charge in [-0.05, 0) is 22.4 Å². The summed E-state index contributed by atoms with van der Waals surface area (Å²) in [5, 5.41) is 20.1. The third-order valence-electron chi connectivity index (χ3n) is 2.01. The SMILES string of the molecule is CCC(O)Cc1ncc(Br)cc1[N+](=O)[O-]. The first kappa shape index (κ1) is 12.1. The van der Waals surface area contributed by atoms with Gasteiger partial charge >= 0.3 is 0 Å². The van der Waals surface area contributed by atoms with E-state index in [-0.39, 0.29) is 12.1 Å². The van der Waals surface area contributed by atoms with Gasteiger partial charge in [-0.15, -0.1) is 0 Å². The van der Waals surface area contributed by atoms with E-state index in [0.717, 1.165) is 0 Å². The van der Waals surface area contributed by atoms with Crippen molar-refractivity contribution in [3.05, 3.63) is 32.5 Å². The summed E-state index contributed by atoms with van der Waals surface area (Å²) in [6, 6.07) is 1.39. The molecule has 1 rings (SSSR count). The highest BCUT2D eigenvalue weighted by Crippen LogP contribution is 2.22. The van der Waals surface area contributed by atoms with E-state index in [9.17, 15) is 15.2 Å². The zero-order valence-corrected chi connectivity index (χ0v) is 9.77. The van der Waals surface area contributed by atoms with E-state index in [1.807, 2.05) is 6.92 Å². The van der Waals surface area contributed by atoms with Gasteiger partial charge in [0, 0.05) is 23.2 Å². The van der Waals surface area contributed by atoms with Gasteiger partial charge in [-0.2, -0.15) is 0 Å². The second-order valence-corrected chi connectivity index (χ2v) is 4.06. The van der Waals surface area contributed by atoms with Crippen molar-refractivity contribution in [3.8, 4) is 0 Å². The normalized spacial score (nSPS) is 12.5. The average molecular weight is 275 g/mol. The van der Waals surface area contributed by atoms with Crippen LogP contribution in [0.15, 0.2) is 16.7 Å². The maximum Gasteiger partial charge on any atom is 0.291 e. The molecule has 1 aromatic rings. The van der Waals surface area contributed by atoms with Crippen molar-refractivity contribution < 1.29 is 10.0 Å². The Bertz CT molecular complexity index is 370. The predicted molar refractivity (Wildman–Crippen MR) is 58.6 cm³/mol. The Morgan fingerprint density at radius 1 is 1.73 bits per heavy atom. The molecule has 15 heavy (non-hydrogen) atoms. The van der Waals surface area contributed by atoms with Crippen molar-refractivity contribution in [2.24, 2.45) is 0 Å². The van der Waals surface area contributed by atoms with Crippen LogP contribution in [0.25, 0.3) is 0 Å². The molecule has 1 N–H and O–H groups in total. The van der Waals surface area contributed by atoms with Crippen LogP contribution in [-0.2, 0) is 6.42 Å². The number of aliphatic hydroxyl groups excluding tert-OH is 1. The number of aliphatic hydroxyl groups is 1. The number of nitro groups is 1. The fourth-order valence-electron chi connectivity index (χ4n) is 1.14. The molecule has 1 heterocycles. The summed E-state index contributed by atoms with van der Waals surface area (Å²) in [6.07, 6.45) is 1.66. The molecule has 6 heteroatoms. The first-order valence-electron chi connectivity index (χ1n) is 4.51. The highest BCUT2D eigenvalue weighted by atomic mass is 79.9. The summed E-state index contributed by atoms with van der Waals surface area (Å²) >= 11 is 3.12. The number of hydrogen-bond donors (Lipinski definition) is 1. The smallest absolute Gasteiger partial charge is 0.291 e. The Labute approximate surface area is 95.4 Å². The predicted octanol–water partition coefficient (Wildman–Crippen LogP) is 2.07. The lowest BCUT2D eigenvalue weighted by molar-refractivity contribution is -0.386. The van der Waals surface area contributed by atoms with E-state index in [0.29, 0.717) is 16.6 Å². The van der Waals surface area contributed by atoms with Crippen LogP contribution in [0.3, 0.4) is 0 Å². The molecular formula is C9H11BrN2O3. The zero-order valence-electron chi connectivity index (χ0n) is 8.18. The molecule has 0 fully saturated rings. The molecule has 1 unspecified atom stereocenters. The van der Waals surface area contributed by atoms with Gasteiger partial charge in [0.25, 0.3) is 5.69 Å². The highest BCUT2D eigenvalue weighted by Gasteiger charge is 2.17. The molecule has 1 aromatic heterocycles. The summed E-state index contributed by atoms with van der Waals surface area (Å²) in [7, 11) is 0. The number of pyridine rings is 1. The summed E-state index contributed by atoms with van der Waals surface area (Å²) in [6.45, 7) is 1.81. The molecule has 0 aliphatic rings. The molecular weight excluding hydrogens is 264 g/mol. The maximum atomic E-state index is 10.7. The third-order valence-corrected chi connectivity index (χ3v) is 2.44. The third kappa shape index (κ3) is 3.24. The Balaban J connectivity index is 3.01. The van der Waals surface area contributed by atoms with Gasteiger partial charge in [-0.3, -0.25) is 15.1 Å². The number of aromatic nitrogens is 1. The molecule has 5 nitrogen and oxygen atoms in total. The largest absolute Gasteiger partial charge is 0.393 e. The number of halogens is 1. The van der Waals surface area contributed by atoms with Gasteiger partial charge in [0.2, 0.25) is 0 Å². The Morgan fingerprint density at radius 2 is 2.40 bits per heavy atom. The van der Waals surface area contributed by atoms with Crippen molar-refractivity contribution in [2.75, 3.05) is 0 Å². The second-order valence-electron chi connectivity index (χ2n) is 3.14. The van der Waals surface area contributed by atoms with Gasteiger partial charge in [0.05, 0.1) is 11.0 Å². The van der Waals surface area contributed by atoms with Crippen LogP contribution in [-0.4, -0.2) is 21.1 Å². The zero-order chi connectivity index (χ0) is 11.4. The van der Waals surface area contributed by atoms with Crippen LogP contribution in [0.4, 0.5) is 5.69 Å². The molecule has 0 bridgehead atoms. The fourth-order valence-corrected chi connectivity index (χ4v) is 1.46. The average Bonchev–Trinajstić information content (AvgIpc) is 2.20. The highest BCUT2D eigenvalue weighted by molar-refractivity contribution is 9.10. The first-order chi connectivity index (χ1) is 7.04. The van der Waals surface area contributed by atoms with Crippen LogP contribution < -0.4 is 0 Å². The Kier molecular flexibility index (Phi) is 4.16. The van der Waals surface area contributed by atoms with E-state index in [2.05, 4.69) is 20.9 Å². The Hall–Kier alpha value is -1.01. The van der Waals surface area contributed by atoms with E-state index in [1.165, 1.54) is 12.3 Å². The standard InChI is InChI=1S/C9H11BrN2O3/c1-2-7(13)4-8-9(12(14)15)3-6(10)5-11-8/h3,5,7,13H,2,4H2,1H3. The van der Waals surface area contributed by atoms with Crippen molar-refractivity contribution in [2.45, 2.75) is 25.9 Å². The molecule has 82 valence electrons. The van der Waals surface area contributed by atoms with Gasteiger partial charge in [-0.1, -0.05) is 6.92 Å². The number of rotatable bonds is 4. The van der Waals surface area contributed by atoms with Crippen LogP contribution in [0.1, 0.15) is 19.0 Å². The molecule has 0 saturated carbocycles. The first-order valence-corrected chi connectivity index (χ1v) is 5.30. The van der Waals surface area contributed by atoms with Crippen molar-refractivity contribution in [1.29, 1.82) is 0 Å². The molecule has 0 aliphatic heterocycles. The topological polar surface area (TPSA) is 76.3 Å². The lowest BCUT2D eigenvalue weighted by atomic mass is 10.1.